The Bertz CT molecular complexity index is 587. The van der Waals surface area contributed by atoms with Crippen molar-refractivity contribution in [2.24, 2.45) is 0 Å². The Labute approximate surface area is 119 Å². The number of anilines is 1. The predicted octanol–water partition coefficient (Wildman–Crippen LogP) is 1.99. The molecule has 1 fully saturated rings. The maximum absolute atomic E-state index is 12.4. The van der Waals surface area contributed by atoms with E-state index in [-0.39, 0.29) is 10.8 Å². The van der Waals surface area contributed by atoms with Gasteiger partial charge in [0.25, 0.3) is 0 Å². The molecule has 0 aliphatic carbocycles. The van der Waals surface area contributed by atoms with Gasteiger partial charge in [-0.25, -0.2) is 8.42 Å². The van der Waals surface area contributed by atoms with E-state index in [0.717, 1.165) is 19.3 Å². The summed E-state index contributed by atoms with van der Waals surface area (Å²) in [6, 6.07) is 6.20. The Morgan fingerprint density at radius 3 is 2.30 bits per heavy atom. The zero-order valence-corrected chi connectivity index (χ0v) is 12.0. The van der Waals surface area contributed by atoms with E-state index in [1.165, 1.54) is 22.5 Å². The van der Waals surface area contributed by atoms with Crippen molar-refractivity contribution in [2.45, 2.75) is 24.2 Å². The number of nitrogens with one attached hydrogen (secondary N) is 1. The lowest BCUT2D eigenvalue weighted by atomic mass is 10.2. The van der Waals surface area contributed by atoms with E-state index in [4.69, 9.17) is 0 Å². The molecule has 20 heavy (non-hydrogen) atoms. The minimum atomic E-state index is -3.41. The van der Waals surface area contributed by atoms with E-state index in [1.54, 1.807) is 12.1 Å². The quantitative estimate of drug-likeness (QED) is 0.864. The van der Waals surface area contributed by atoms with Crippen molar-refractivity contribution in [1.29, 1.82) is 0 Å². The van der Waals surface area contributed by atoms with Gasteiger partial charge in [-0.3, -0.25) is 4.79 Å². The van der Waals surface area contributed by atoms with Crippen molar-refractivity contribution in [1.82, 2.24) is 4.31 Å². The van der Waals surface area contributed by atoms with Crippen LogP contribution in [0.1, 0.15) is 19.3 Å². The summed E-state index contributed by atoms with van der Waals surface area (Å²) in [5.74, 6) is -0.323. The molecule has 1 amide bonds. The fourth-order valence-corrected chi connectivity index (χ4v) is 3.67. The highest BCUT2D eigenvalue weighted by molar-refractivity contribution is 7.89. The lowest BCUT2D eigenvalue weighted by molar-refractivity contribution is -0.111. The first-order valence-corrected chi connectivity index (χ1v) is 8.01. The molecule has 0 spiro atoms. The van der Waals surface area contributed by atoms with Gasteiger partial charge < -0.3 is 5.32 Å². The third-order valence-corrected chi connectivity index (χ3v) is 5.17. The van der Waals surface area contributed by atoms with Crippen LogP contribution in [0.4, 0.5) is 5.69 Å². The van der Waals surface area contributed by atoms with Crippen LogP contribution in [0.15, 0.2) is 41.8 Å². The molecule has 1 aromatic carbocycles. The Balaban J connectivity index is 2.16. The Morgan fingerprint density at radius 1 is 1.15 bits per heavy atom. The lowest BCUT2D eigenvalue weighted by Crippen LogP contribution is -2.35. The van der Waals surface area contributed by atoms with Crippen LogP contribution in [0.25, 0.3) is 0 Å². The molecule has 0 radical (unpaired) electrons. The number of benzene rings is 1. The number of nitrogens with zero attached hydrogens (tertiary/aromatic N) is 1. The number of sulfonamides is 1. The summed E-state index contributed by atoms with van der Waals surface area (Å²) >= 11 is 0. The fraction of sp³-hybridized carbons (Fsp3) is 0.357. The summed E-state index contributed by atoms with van der Waals surface area (Å²) in [5, 5.41) is 2.58. The summed E-state index contributed by atoms with van der Waals surface area (Å²) in [7, 11) is -3.41. The number of rotatable bonds is 4. The topological polar surface area (TPSA) is 66.5 Å². The van der Waals surface area contributed by atoms with Crippen LogP contribution in [-0.2, 0) is 14.8 Å². The van der Waals surface area contributed by atoms with E-state index in [0.29, 0.717) is 18.8 Å². The van der Waals surface area contributed by atoms with Crippen molar-refractivity contribution in [3.63, 3.8) is 0 Å². The molecule has 5 nitrogen and oxygen atoms in total. The number of piperidine rings is 1. The molecule has 0 atom stereocenters. The molecular formula is C14H18N2O3S. The van der Waals surface area contributed by atoms with Crippen LogP contribution in [0.2, 0.25) is 0 Å². The second-order valence-electron chi connectivity index (χ2n) is 4.68. The van der Waals surface area contributed by atoms with Crippen LogP contribution >= 0.6 is 0 Å². The zero-order valence-electron chi connectivity index (χ0n) is 11.2. The highest BCUT2D eigenvalue weighted by Gasteiger charge is 2.25. The molecule has 0 saturated carbocycles. The number of amides is 1. The molecule has 1 N–H and O–H groups in total. The largest absolute Gasteiger partial charge is 0.323 e. The van der Waals surface area contributed by atoms with E-state index in [1.807, 2.05) is 0 Å². The molecule has 108 valence electrons. The normalized spacial score (nSPS) is 16.6. The minimum Gasteiger partial charge on any atom is -0.323 e. The standard InChI is InChI=1S/C14H18N2O3S/c1-2-14(17)15-12-6-8-13(9-7-12)20(18,19)16-10-4-3-5-11-16/h2,6-9H,1,3-5,10-11H2,(H,15,17). The molecule has 1 saturated heterocycles. The average molecular weight is 294 g/mol. The summed E-state index contributed by atoms with van der Waals surface area (Å²) in [6.45, 7) is 4.52. The number of carbonyl (C=O) groups is 1. The maximum atomic E-state index is 12.4. The van der Waals surface area contributed by atoms with Gasteiger partial charge in [0.1, 0.15) is 0 Å². The van der Waals surface area contributed by atoms with Gasteiger partial charge in [-0.2, -0.15) is 4.31 Å². The van der Waals surface area contributed by atoms with Crippen LogP contribution in [0.3, 0.4) is 0 Å². The van der Waals surface area contributed by atoms with Crippen LogP contribution in [-0.4, -0.2) is 31.7 Å². The molecular weight excluding hydrogens is 276 g/mol. The van der Waals surface area contributed by atoms with Crippen LogP contribution < -0.4 is 5.32 Å². The Morgan fingerprint density at radius 2 is 1.75 bits per heavy atom. The SMILES string of the molecule is C=CC(=O)Nc1ccc(S(=O)(=O)N2CCCCC2)cc1. The van der Waals surface area contributed by atoms with Gasteiger partial charge >= 0.3 is 0 Å². The van der Waals surface area contributed by atoms with Gasteiger partial charge in [0, 0.05) is 18.8 Å². The third-order valence-electron chi connectivity index (χ3n) is 3.26. The van der Waals surface area contributed by atoms with Gasteiger partial charge in [-0.1, -0.05) is 13.0 Å². The minimum absolute atomic E-state index is 0.260. The molecule has 0 unspecified atom stereocenters. The highest BCUT2D eigenvalue weighted by Crippen LogP contribution is 2.21. The maximum Gasteiger partial charge on any atom is 0.247 e. The second-order valence-corrected chi connectivity index (χ2v) is 6.62. The van der Waals surface area contributed by atoms with Gasteiger partial charge in [0.05, 0.1) is 4.90 Å². The first-order valence-electron chi connectivity index (χ1n) is 6.57. The van der Waals surface area contributed by atoms with E-state index in [9.17, 15) is 13.2 Å². The van der Waals surface area contributed by atoms with E-state index >= 15 is 0 Å². The lowest BCUT2D eigenvalue weighted by Gasteiger charge is -2.25. The summed E-state index contributed by atoms with van der Waals surface area (Å²) in [6.07, 6.45) is 4.07. The first-order chi connectivity index (χ1) is 9.54. The van der Waals surface area contributed by atoms with Gasteiger partial charge in [0.2, 0.25) is 15.9 Å². The summed E-state index contributed by atoms with van der Waals surface area (Å²) in [5.41, 5.74) is 0.549. The molecule has 2 rings (SSSR count). The van der Waals surface area contributed by atoms with E-state index in [2.05, 4.69) is 11.9 Å². The first kappa shape index (κ1) is 14.7. The fourth-order valence-electron chi connectivity index (χ4n) is 2.16. The predicted molar refractivity (Wildman–Crippen MR) is 77.9 cm³/mol. The van der Waals surface area contributed by atoms with E-state index < -0.39 is 10.0 Å². The van der Waals surface area contributed by atoms with Crippen molar-refractivity contribution in [3.8, 4) is 0 Å². The molecule has 1 aliphatic heterocycles. The third kappa shape index (κ3) is 3.26. The molecule has 1 heterocycles. The van der Waals surface area contributed by atoms with Crippen molar-refractivity contribution in [2.75, 3.05) is 18.4 Å². The van der Waals surface area contributed by atoms with Crippen molar-refractivity contribution < 1.29 is 13.2 Å². The number of hydrogen-bond donors (Lipinski definition) is 1. The number of carbonyl (C=O) groups excluding carboxylic acids is 1. The zero-order chi connectivity index (χ0) is 14.6. The highest BCUT2D eigenvalue weighted by atomic mass is 32.2. The average Bonchev–Trinajstić information content (AvgIpc) is 2.48. The summed E-state index contributed by atoms with van der Waals surface area (Å²) in [4.78, 5) is 11.4. The smallest absolute Gasteiger partial charge is 0.247 e. The van der Waals surface area contributed by atoms with Gasteiger partial charge in [0.15, 0.2) is 0 Å². The summed E-state index contributed by atoms with van der Waals surface area (Å²) < 4.78 is 26.3. The van der Waals surface area contributed by atoms with Crippen LogP contribution in [0.5, 0.6) is 0 Å². The van der Waals surface area contributed by atoms with Gasteiger partial charge in [-0.15, -0.1) is 0 Å². The monoisotopic (exact) mass is 294 g/mol. The van der Waals surface area contributed by atoms with Crippen molar-refractivity contribution >= 4 is 21.6 Å². The molecule has 1 aromatic rings. The van der Waals surface area contributed by atoms with Crippen LogP contribution in [0, 0.1) is 0 Å². The van der Waals surface area contributed by atoms with Gasteiger partial charge in [-0.05, 0) is 43.2 Å². The molecule has 6 heteroatoms. The van der Waals surface area contributed by atoms with Crippen molar-refractivity contribution in [3.05, 3.63) is 36.9 Å². The molecule has 1 aliphatic rings. The Hall–Kier alpha value is -1.66. The second kappa shape index (κ2) is 6.19. The number of hydrogen-bond acceptors (Lipinski definition) is 3. The Kier molecular flexibility index (Phi) is 4.57. The molecule has 0 aromatic heterocycles. The molecule has 0 bridgehead atoms.